The summed E-state index contributed by atoms with van der Waals surface area (Å²) in [5.41, 5.74) is 1.26. The van der Waals surface area contributed by atoms with Gasteiger partial charge < -0.3 is 23.7 Å². The second-order valence-corrected chi connectivity index (χ2v) is 5.91. The summed E-state index contributed by atoms with van der Waals surface area (Å²) in [6, 6.07) is 0. The van der Waals surface area contributed by atoms with Gasteiger partial charge in [-0.2, -0.15) is 0 Å². The lowest BCUT2D eigenvalue weighted by atomic mass is 10.1. The first-order valence-electron chi connectivity index (χ1n) is 9.07. The van der Waals surface area contributed by atoms with E-state index in [1.807, 2.05) is 0 Å². The van der Waals surface area contributed by atoms with E-state index in [0.717, 1.165) is 38.5 Å². The van der Waals surface area contributed by atoms with Gasteiger partial charge in [0.1, 0.15) is 12.9 Å². The standard InChI is InChI=1S/C19H31NO5/c1-2-9-22-11-13-24-15-16-25-14-12-23-10-3-7-20-19-5-4-18(17-19)6-8-21/h1,8,18H,3-7,9-17H2. The largest absolute Gasteiger partial charge is 0.379 e. The molecule has 142 valence electrons. The van der Waals surface area contributed by atoms with Crippen LogP contribution in [0.1, 0.15) is 32.1 Å². The molecule has 1 fully saturated rings. The number of terminal acetylenes is 1. The van der Waals surface area contributed by atoms with Gasteiger partial charge in [0.05, 0.1) is 39.6 Å². The number of hydrogen-bond acceptors (Lipinski definition) is 6. The smallest absolute Gasteiger partial charge is 0.120 e. The Morgan fingerprint density at radius 1 is 1.04 bits per heavy atom. The van der Waals surface area contributed by atoms with E-state index < -0.39 is 0 Å². The zero-order valence-electron chi connectivity index (χ0n) is 15.1. The molecule has 0 bridgehead atoms. The van der Waals surface area contributed by atoms with E-state index in [0.29, 0.717) is 65.2 Å². The van der Waals surface area contributed by atoms with Gasteiger partial charge in [-0.05, 0) is 31.6 Å². The molecule has 0 aromatic rings. The Hall–Kier alpha value is -1.26. The molecule has 6 heteroatoms. The minimum absolute atomic E-state index is 0.324. The molecule has 1 rings (SSSR count). The third kappa shape index (κ3) is 12.7. The van der Waals surface area contributed by atoms with Crippen LogP contribution in [0, 0.1) is 18.3 Å². The molecule has 1 aliphatic rings. The quantitative estimate of drug-likeness (QED) is 0.241. The van der Waals surface area contributed by atoms with E-state index in [9.17, 15) is 4.79 Å². The average molecular weight is 353 g/mol. The second-order valence-electron chi connectivity index (χ2n) is 5.91. The molecule has 0 spiro atoms. The van der Waals surface area contributed by atoms with E-state index in [2.05, 4.69) is 10.9 Å². The van der Waals surface area contributed by atoms with E-state index in [4.69, 9.17) is 25.4 Å². The number of hydrogen-bond donors (Lipinski definition) is 0. The number of aldehydes is 1. The van der Waals surface area contributed by atoms with Crippen molar-refractivity contribution in [3.63, 3.8) is 0 Å². The number of carbonyl (C=O) groups is 1. The summed E-state index contributed by atoms with van der Waals surface area (Å²) in [5.74, 6) is 2.91. The van der Waals surface area contributed by atoms with Crippen LogP contribution in [0.4, 0.5) is 0 Å². The molecule has 1 saturated carbocycles. The predicted octanol–water partition coefficient (Wildman–Crippen LogP) is 1.91. The molecule has 1 unspecified atom stereocenters. The SMILES string of the molecule is C#CCOCCOCCOCCOCCCN=C1CCC(CC=O)C1. The summed E-state index contributed by atoms with van der Waals surface area (Å²) < 4.78 is 21.3. The summed E-state index contributed by atoms with van der Waals surface area (Å²) in [7, 11) is 0. The van der Waals surface area contributed by atoms with Gasteiger partial charge in [0.15, 0.2) is 0 Å². The van der Waals surface area contributed by atoms with E-state index in [1.54, 1.807) is 0 Å². The molecule has 0 aromatic heterocycles. The Kier molecular flexibility index (Phi) is 14.1. The fraction of sp³-hybridized carbons (Fsp3) is 0.789. The highest BCUT2D eigenvalue weighted by Gasteiger charge is 2.19. The normalized spacial score (nSPS) is 18.5. The molecule has 25 heavy (non-hydrogen) atoms. The van der Waals surface area contributed by atoms with Crippen LogP contribution in [-0.4, -0.2) is 71.4 Å². The van der Waals surface area contributed by atoms with Gasteiger partial charge >= 0.3 is 0 Å². The predicted molar refractivity (Wildman–Crippen MR) is 97.1 cm³/mol. The minimum atomic E-state index is 0.324. The Labute approximate surface area is 151 Å². The Morgan fingerprint density at radius 2 is 1.68 bits per heavy atom. The highest BCUT2D eigenvalue weighted by atomic mass is 16.6. The maximum absolute atomic E-state index is 10.5. The minimum Gasteiger partial charge on any atom is -0.379 e. The molecule has 0 aromatic carbocycles. The molecule has 0 aliphatic heterocycles. The Morgan fingerprint density at radius 3 is 2.32 bits per heavy atom. The zero-order valence-corrected chi connectivity index (χ0v) is 15.1. The zero-order chi connectivity index (χ0) is 18.0. The number of carbonyl (C=O) groups excluding carboxylic acids is 1. The van der Waals surface area contributed by atoms with Crippen molar-refractivity contribution in [2.24, 2.45) is 10.9 Å². The molecule has 1 atom stereocenters. The maximum Gasteiger partial charge on any atom is 0.120 e. The fourth-order valence-electron chi connectivity index (χ4n) is 2.58. The lowest BCUT2D eigenvalue weighted by Crippen LogP contribution is -2.12. The van der Waals surface area contributed by atoms with Crippen LogP contribution in [-0.2, 0) is 23.7 Å². The third-order valence-corrected chi connectivity index (χ3v) is 3.88. The third-order valence-electron chi connectivity index (χ3n) is 3.88. The van der Waals surface area contributed by atoms with E-state index in [-0.39, 0.29) is 0 Å². The van der Waals surface area contributed by atoms with E-state index in [1.165, 1.54) is 5.71 Å². The number of ether oxygens (including phenoxy) is 4. The highest BCUT2D eigenvalue weighted by Crippen LogP contribution is 2.25. The van der Waals surface area contributed by atoms with Crippen LogP contribution in [0.2, 0.25) is 0 Å². The lowest BCUT2D eigenvalue weighted by Gasteiger charge is -2.06. The molecule has 0 amide bonds. The first-order valence-corrected chi connectivity index (χ1v) is 9.07. The van der Waals surface area contributed by atoms with Crippen molar-refractivity contribution in [1.82, 2.24) is 0 Å². The van der Waals surface area contributed by atoms with Crippen LogP contribution >= 0.6 is 0 Å². The van der Waals surface area contributed by atoms with Crippen LogP contribution in [0.25, 0.3) is 0 Å². The number of nitrogens with zero attached hydrogens (tertiary/aromatic N) is 1. The topological polar surface area (TPSA) is 66.3 Å². The monoisotopic (exact) mass is 353 g/mol. The van der Waals surface area contributed by atoms with Crippen molar-refractivity contribution >= 4 is 12.0 Å². The summed E-state index contributed by atoms with van der Waals surface area (Å²) in [6.45, 7) is 5.11. The van der Waals surface area contributed by atoms with Crippen molar-refractivity contribution < 1.29 is 23.7 Å². The van der Waals surface area contributed by atoms with Gasteiger partial charge in [0, 0.05) is 25.3 Å². The van der Waals surface area contributed by atoms with Crippen LogP contribution in [0.3, 0.4) is 0 Å². The summed E-state index contributed by atoms with van der Waals surface area (Å²) in [4.78, 5) is 15.1. The number of rotatable bonds is 16. The van der Waals surface area contributed by atoms with E-state index >= 15 is 0 Å². The molecule has 0 saturated heterocycles. The van der Waals surface area contributed by atoms with Crippen LogP contribution in [0.15, 0.2) is 4.99 Å². The van der Waals surface area contributed by atoms with Gasteiger partial charge in [-0.3, -0.25) is 4.99 Å². The Balaban J connectivity index is 1.78. The van der Waals surface area contributed by atoms with Crippen LogP contribution in [0.5, 0.6) is 0 Å². The van der Waals surface area contributed by atoms with Crippen molar-refractivity contribution in [1.29, 1.82) is 0 Å². The summed E-state index contributed by atoms with van der Waals surface area (Å²) in [6.07, 6.45) is 10.8. The molecule has 0 N–H and O–H groups in total. The molecule has 6 nitrogen and oxygen atoms in total. The van der Waals surface area contributed by atoms with Gasteiger partial charge in [0.2, 0.25) is 0 Å². The molecule has 0 heterocycles. The van der Waals surface area contributed by atoms with Crippen molar-refractivity contribution in [2.45, 2.75) is 32.1 Å². The first kappa shape index (κ1) is 21.8. The van der Waals surface area contributed by atoms with Gasteiger partial charge in [0.25, 0.3) is 0 Å². The molecule has 0 radical (unpaired) electrons. The van der Waals surface area contributed by atoms with Gasteiger partial charge in [-0.25, -0.2) is 0 Å². The number of aliphatic imine (C=N–C) groups is 1. The van der Waals surface area contributed by atoms with Crippen LogP contribution < -0.4 is 0 Å². The van der Waals surface area contributed by atoms with Gasteiger partial charge in [-0.1, -0.05) is 5.92 Å². The fourth-order valence-corrected chi connectivity index (χ4v) is 2.58. The van der Waals surface area contributed by atoms with Crippen molar-refractivity contribution in [3.8, 4) is 12.3 Å². The molecule has 1 aliphatic carbocycles. The van der Waals surface area contributed by atoms with Crippen molar-refractivity contribution in [3.05, 3.63) is 0 Å². The first-order chi connectivity index (χ1) is 12.4. The second kappa shape index (κ2) is 16.2. The Bertz CT molecular complexity index is 405. The maximum atomic E-state index is 10.5. The summed E-state index contributed by atoms with van der Waals surface area (Å²) in [5, 5.41) is 0. The highest BCUT2D eigenvalue weighted by molar-refractivity contribution is 5.86. The van der Waals surface area contributed by atoms with Gasteiger partial charge in [-0.15, -0.1) is 6.42 Å². The molecular formula is C19H31NO5. The molecular weight excluding hydrogens is 322 g/mol. The van der Waals surface area contributed by atoms with Crippen molar-refractivity contribution in [2.75, 3.05) is 59.4 Å². The average Bonchev–Trinajstić information content (AvgIpc) is 3.06. The lowest BCUT2D eigenvalue weighted by molar-refractivity contribution is -0.108. The summed E-state index contributed by atoms with van der Waals surface area (Å²) >= 11 is 0.